The molecule has 0 amide bonds. The number of hydrogen-bond acceptors (Lipinski definition) is 6. The molecule has 172 valence electrons. The van der Waals surface area contributed by atoms with Crippen molar-refractivity contribution < 1.29 is 24.7 Å². The van der Waals surface area contributed by atoms with Crippen LogP contribution >= 0.6 is 0 Å². The molecular weight excluding hydrogens is 428 g/mol. The van der Waals surface area contributed by atoms with E-state index in [1.54, 1.807) is 16.8 Å². The molecule has 1 aromatic heterocycles. The lowest BCUT2D eigenvalue weighted by Gasteiger charge is -2.28. The molecule has 1 saturated heterocycles. The quantitative estimate of drug-likeness (QED) is 0.341. The molecule has 1 aliphatic rings. The zero-order valence-electron chi connectivity index (χ0n) is 18.0. The highest BCUT2D eigenvalue weighted by Crippen LogP contribution is 2.34. The Morgan fingerprint density at radius 1 is 1.03 bits per heavy atom. The monoisotopic (exact) mass is 452 g/mol. The number of nitro groups is 1. The fourth-order valence-electron chi connectivity index (χ4n) is 3.80. The van der Waals surface area contributed by atoms with Crippen LogP contribution in [0, 0.1) is 10.1 Å². The summed E-state index contributed by atoms with van der Waals surface area (Å²) in [4.78, 5) is 32.5. The average molecular weight is 452 g/mol. The van der Waals surface area contributed by atoms with Gasteiger partial charge in [0, 0.05) is 29.5 Å². The van der Waals surface area contributed by atoms with Crippen LogP contribution in [0.25, 0.3) is 16.6 Å². The van der Waals surface area contributed by atoms with Crippen molar-refractivity contribution in [2.45, 2.75) is 18.8 Å². The van der Waals surface area contributed by atoms with E-state index in [0.29, 0.717) is 23.8 Å². The molecule has 2 heterocycles. The standard InChI is InChI=1S/C19H20N4O2.C4H4O4/c1-21-12-10-14(11-13-21)19-15-6-2-3-7-16(15)22(20-19)17-8-4-5-9-18(17)23(24)25;5-3(6)1-2-4(7)8/h2-9,14H,10-13H2,1H3;1-2H,(H,5,6)(H,7,8). The van der Waals surface area contributed by atoms with E-state index in [1.807, 2.05) is 24.3 Å². The van der Waals surface area contributed by atoms with Crippen molar-refractivity contribution in [1.82, 2.24) is 14.7 Å². The Morgan fingerprint density at radius 2 is 1.61 bits per heavy atom. The molecule has 10 nitrogen and oxygen atoms in total. The Labute approximate surface area is 189 Å². The van der Waals surface area contributed by atoms with Crippen molar-refractivity contribution in [1.29, 1.82) is 0 Å². The highest BCUT2D eigenvalue weighted by atomic mass is 16.6. The van der Waals surface area contributed by atoms with Gasteiger partial charge in [-0.2, -0.15) is 5.10 Å². The van der Waals surface area contributed by atoms with E-state index in [0.717, 1.165) is 42.5 Å². The molecule has 2 N–H and O–H groups in total. The van der Waals surface area contributed by atoms with Gasteiger partial charge in [-0.1, -0.05) is 30.3 Å². The third-order valence-electron chi connectivity index (χ3n) is 5.40. The van der Waals surface area contributed by atoms with Gasteiger partial charge in [0.1, 0.15) is 5.69 Å². The van der Waals surface area contributed by atoms with Gasteiger partial charge in [-0.05, 0) is 45.1 Å². The van der Waals surface area contributed by atoms with E-state index in [1.165, 1.54) is 6.07 Å². The minimum atomic E-state index is -1.26. The van der Waals surface area contributed by atoms with Crippen molar-refractivity contribution >= 4 is 28.5 Å². The third kappa shape index (κ3) is 5.80. The Hall–Kier alpha value is -4.05. The van der Waals surface area contributed by atoms with Gasteiger partial charge in [-0.25, -0.2) is 14.3 Å². The summed E-state index contributed by atoms with van der Waals surface area (Å²) in [7, 11) is 2.14. The summed E-state index contributed by atoms with van der Waals surface area (Å²) in [6, 6.07) is 14.8. The molecular formula is C23H24N4O6. The Kier molecular flexibility index (Phi) is 7.52. The van der Waals surface area contributed by atoms with Gasteiger partial charge in [0.15, 0.2) is 0 Å². The molecule has 4 rings (SSSR count). The molecule has 0 saturated carbocycles. The van der Waals surface area contributed by atoms with Crippen LogP contribution in [-0.4, -0.2) is 61.9 Å². The van der Waals surface area contributed by atoms with Crippen LogP contribution in [0.5, 0.6) is 0 Å². The van der Waals surface area contributed by atoms with Crippen LogP contribution in [0.15, 0.2) is 60.7 Å². The van der Waals surface area contributed by atoms with Gasteiger partial charge in [0.25, 0.3) is 5.69 Å². The van der Waals surface area contributed by atoms with E-state index in [-0.39, 0.29) is 10.6 Å². The lowest BCUT2D eigenvalue weighted by atomic mass is 9.92. The summed E-state index contributed by atoms with van der Waals surface area (Å²) in [6.07, 6.45) is 3.24. The first-order valence-electron chi connectivity index (χ1n) is 10.3. The fraction of sp³-hybridized carbons (Fsp3) is 0.261. The summed E-state index contributed by atoms with van der Waals surface area (Å²) in [5.41, 5.74) is 2.57. The lowest BCUT2D eigenvalue weighted by Crippen LogP contribution is -2.29. The van der Waals surface area contributed by atoms with E-state index in [9.17, 15) is 19.7 Å². The number of carboxylic acids is 2. The van der Waals surface area contributed by atoms with Gasteiger partial charge < -0.3 is 15.1 Å². The van der Waals surface area contributed by atoms with E-state index in [2.05, 4.69) is 18.0 Å². The van der Waals surface area contributed by atoms with Gasteiger partial charge in [0.05, 0.1) is 16.1 Å². The number of hydrogen-bond donors (Lipinski definition) is 2. The molecule has 0 atom stereocenters. The van der Waals surface area contributed by atoms with Gasteiger partial charge >= 0.3 is 11.9 Å². The molecule has 2 aromatic carbocycles. The number of aliphatic carboxylic acids is 2. The second kappa shape index (κ2) is 10.5. The Morgan fingerprint density at radius 3 is 2.21 bits per heavy atom. The maximum Gasteiger partial charge on any atom is 0.328 e. The first-order chi connectivity index (χ1) is 15.8. The largest absolute Gasteiger partial charge is 0.478 e. The number of rotatable bonds is 5. The number of nitrogens with zero attached hydrogens (tertiary/aromatic N) is 4. The fourth-order valence-corrected chi connectivity index (χ4v) is 3.80. The highest BCUT2D eigenvalue weighted by Gasteiger charge is 2.25. The van der Waals surface area contributed by atoms with Crippen LogP contribution in [0.1, 0.15) is 24.5 Å². The van der Waals surface area contributed by atoms with E-state index >= 15 is 0 Å². The number of piperidine rings is 1. The number of carboxylic acid groups (broad SMARTS) is 2. The van der Waals surface area contributed by atoms with Crippen LogP contribution in [-0.2, 0) is 9.59 Å². The number of para-hydroxylation sites is 3. The minimum Gasteiger partial charge on any atom is -0.478 e. The maximum atomic E-state index is 11.4. The predicted octanol–water partition coefficient (Wildman–Crippen LogP) is 3.45. The molecule has 0 bridgehead atoms. The zero-order valence-corrected chi connectivity index (χ0v) is 18.0. The van der Waals surface area contributed by atoms with Crippen molar-refractivity contribution in [2.24, 2.45) is 0 Å². The number of likely N-dealkylation sites (tertiary alicyclic amines) is 1. The topological polar surface area (TPSA) is 139 Å². The molecule has 0 radical (unpaired) electrons. The van der Waals surface area contributed by atoms with Gasteiger partial charge in [0.2, 0.25) is 0 Å². The number of carbonyl (C=O) groups is 2. The molecule has 0 unspecified atom stereocenters. The van der Waals surface area contributed by atoms with Gasteiger partial charge in [-0.3, -0.25) is 10.1 Å². The van der Waals surface area contributed by atoms with Crippen LogP contribution in [0.3, 0.4) is 0 Å². The summed E-state index contributed by atoms with van der Waals surface area (Å²) < 4.78 is 1.74. The lowest BCUT2D eigenvalue weighted by molar-refractivity contribution is -0.384. The minimum absolute atomic E-state index is 0.0747. The van der Waals surface area contributed by atoms with Gasteiger partial charge in [-0.15, -0.1) is 0 Å². The first-order valence-corrected chi connectivity index (χ1v) is 10.3. The van der Waals surface area contributed by atoms with Crippen LogP contribution < -0.4 is 0 Å². The van der Waals surface area contributed by atoms with Crippen molar-refractivity contribution in [3.05, 3.63) is 76.5 Å². The summed E-state index contributed by atoms with van der Waals surface area (Å²) in [5, 5.41) is 33.0. The summed E-state index contributed by atoms with van der Waals surface area (Å²) in [5.74, 6) is -2.12. The first kappa shape index (κ1) is 23.6. The molecule has 1 fully saturated rings. The predicted molar refractivity (Wildman–Crippen MR) is 122 cm³/mol. The van der Waals surface area contributed by atoms with E-state index < -0.39 is 11.9 Å². The van der Waals surface area contributed by atoms with Crippen LogP contribution in [0.4, 0.5) is 5.69 Å². The third-order valence-corrected chi connectivity index (χ3v) is 5.40. The highest BCUT2D eigenvalue weighted by molar-refractivity contribution is 5.89. The van der Waals surface area contributed by atoms with Crippen molar-refractivity contribution in [3.8, 4) is 5.69 Å². The zero-order chi connectivity index (χ0) is 24.0. The second-order valence-electron chi connectivity index (χ2n) is 7.65. The molecule has 3 aromatic rings. The normalized spacial score (nSPS) is 14.7. The average Bonchev–Trinajstić information content (AvgIpc) is 3.18. The molecule has 0 aliphatic carbocycles. The molecule has 33 heavy (non-hydrogen) atoms. The number of fused-ring (bicyclic) bond motifs is 1. The smallest absolute Gasteiger partial charge is 0.328 e. The summed E-state index contributed by atoms with van der Waals surface area (Å²) >= 11 is 0. The molecule has 1 aliphatic heterocycles. The number of benzene rings is 2. The molecule has 0 spiro atoms. The van der Waals surface area contributed by atoms with Crippen molar-refractivity contribution in [3.63, 3.8) is 0 Å². The number of nitro benzene ring substituents is 1. The van der Waals surface area contributed by atoms with Crippen LogP contribution in [0.2, 0.25) is 0 Å². The summed E-state index contributed by atoms with van der Waals surface area (Å²) in [6.45, 7) is 2.11. The van der Waals surface area contributed by atoms with E-state index in [4.69, 9.17) is 15.3 Å². The van der Waals surface area contributed by atoms with Crippen molar-refractivity contribution in [2.75, 3.05) is 20.1 Å². The molecule has 10 heteroatoms. The SMILES string of the molecule is CN1CCC(c2nn(-c3ccccc3[N+](=O)[O-])c3ccccc23)CC1.O=C(O)C=CC(=O)O. The Bertz CT molecular complexity index is 1180. The maximum absolute atomic E-state index is 11.4. The Balaban J connectivity index is 0.000000331. The second-order valence-corrected chi connectivity index (χ2v) is 7.65. The number of aromatic nitrogens is 2.